The molecule has 0 spiro atoms. The molecule has 0 aromatic carbocycles. The Morgan fingerprint density at radius 2 is 2.30 bits per heavy atom. The van der Waals surface area contributed by atoms with Gasteiger partial charge in [-0.3, -0.25) is 4.79 Å². The third kappa shape index (κ3) is 3.80. The predicted molar refractivity (Wildman–Crippen MR) is 79.7 cm³/mol. The van der Waals surface area contributed by atoms with Gasteiger partial charge in [0.25, 0.3) is 5.56 Å². The lowest BCUT2D eigenvalue weighted by molar-refractivity contribution is 0.105. The maximum atomic E-state index is 11.9. The Morgan fingerprint density at radius 1 is 1.50 bits per heavy atom. The molecule has 0 aliphatic heterocycles. The Morgan fingerprint density at radius 3 is 3.00 bits per heavy atom. The van der Waals surface area contributed by atoms with Crippen molar-refractivity contribution >= 4 is 21.6 Å². The molecular weight excluding hydrogens is 326 g/mol. The summed E-state index contributed by atoms with van der Waals surface area (Å²) in [6.07, 6.45) is 5.22. The van der Waals surface area contributed by atoms with Crippen LogP contribution in [0.2, 0.25) is 0 Å². The maximum absolute atomic E-state index is 11.9. The van der Waals surface area contributed by atoms with Gasteiger partial charge >= 0.3 is 0 Å². The Balaban J connectivity index is 1.99. The number of halogens is 1. The predicted octanol–water partition coefficient (Wildman–Crippen LogP) is 0.961. The van der Waals surface area contributed by atoms with Gasteiger partial charge in [-0.2, -0.15) is 5.10 Å². The van der Waals surface area contributed by atoms with E-state index in [1.807, 2.05) is 0 Å². The van der Waals surface area contributed by atoms with Crippen LogP contribution < -0.4 is 10.9 Å². The normalized spacial score (nSPS) is 22.8. The molecule has 6 nitrogen and oxygen atoms in total. The Hall–Kier alpha value is -0.920. The van der Waals surface area contributed by atoms with Gasteiger partial charge in [0.1, 0.15) is 4.47 Å². The van der Waals surface area contributed by atoms with E-state index in [-0.39, 0.29) is 24.8 Å². The van der Waals surface area contributed by atoms with Gasteiger partial charge in [-0.1, -0.05) is 6.42 Å². The number of hydrogen-bond donors (Lipinski definition) is 3. The number of nitrogens with one attached hydrogen (secondary N) is 1. The van der Waals surface area contributed by atoms with Crippen molar-refractivity contribution < 1.29 is 10.2 Å². The fraction of sp³-hybridized carbons (Fsp3) is 0.692. The van der Waals surface area contributed by atoms with E-state index in [4.69, 9.17) is 5.11 Å². The quantitative estimate of drug-likeness (QED) is 0.739. The van der Waals surface area contributed by atoms with Gasteiger partial charge in [0.15, 0.2) is 0 Å². The van der Waals surface area contributed by atoms with Crippen LogP contribution in [0.1, 0.15) is 25.7 Å². The van der Waals surface area contributed by atoms with Gasteiger partial charge in [0.2, 0.25) is 0 Å². The topological polar surface area (TPSA) is 87.4 Å². The second-order valence-electron chi connectivity index (χ2n) is 5.19. The number of rotatable bonds is 5. The number of aliphatic hydroxyl groups excluding tert-OH is 2. The highest BCUT2D eigenvalue weighted by molar-refractivity contribution is 9.10. The Kier molecular flexibility index (Phi) is 5.56. The van der Waals surface area contributed by atoms with Crippen LogP contribution in [0.4, 0.5) is 5.69 Å². The van der Waals surface area contributed by atoms with Gasteiger partial charge in [0, 0.05) is 6.54 Å². The highest BCUT2D eigenvalue weighted by Gasteiger charge is 2.20. The molecule has 20 heavy (non-hydrogen) atoms. The van der Waals surface area contributed by atoms with E-state index in [0.717, 1.165) is 32.2 Å². The number of anilines is 1. The van der Waals surface area contributed by atoms with Gasteiger partial charge in [-0.15, -0.1) is 0 Å². The second kappa shape index (κ2) is 7.19. The second-order valence-corrected chi connectivity index (χ2v) is 5.98. The fourth-order valence-corrected chi connectivity index (χ4v) is 2.99. The van der Waals surface area contributed by atoms with Crippen molar-refractivity contribution in [3.05, 3.63) is 21.0 Å². The lowest BCUT2D eigenvalue weighted by Crippen LogP contribution is -2.28. The number of nitrogens with zero attached hydrogens (tertiary/aromatic N) is 2. The molecule has 0 bridgehead atoms. The molecule has 1 heterocycles. The zero-order valence-corrected chi connectivity index (χ0v) is 12.8. The zero-order chi connectivity index (χ0) is 14.5. The average Bonchev–Trinajstić information content (AvgIpc) is 2.43. The van der Waals surface area contributed by atoms with Gasteiger partial charge in [-0.05, 0) is 41.1 Å². The first-order valence-corrected chi connectivity index (χ1v) is 7.69. The molecule has 2 atom stereocenters. The smallest absolute Gasteiger partial charge is 0.283 e. The monoisotopic (exact) mass is 345 g/mol. The zero-order valence-electron chi connectivity index (χ0n) is 11.3. The molecule has 2 rings (SSSR count). The van der Waals surface area contributed by atoms with Gasteiger partial charge in [0.05, 0.1) is 31.1 Å². The van der Waals surface area contributed by atoms with Gasteiger partial charge in [-0.25, -0.2) is 4.68 Å². The largest absolute Gasteiger partial charge is 0.394 e. The average molecular weight is 346 g/mol. The molecule has 0 saturated heterocycles. The summed E-state index contributed by atoms with van der Waals surface area (Å²) in [7, 11) is 0. The maximum Gasteiger partial charge on any atom is 0.283 e. The van der Waals surface area contributed by atoms with Crippen molar-refractivity contribution in [1.82, 2.24) is 9.78 Å². The standard InChI is InChI=1S/C13H20BrN3O3/c14-12-11(8-16-17(4-5-18)13(12)20)15-7-9-2-1-3-10(19)6-9/h8-10,15,18-19H,1-7H2. The number of aromatic nitrogens is 2. The van der Waals surface area contributed by atoms with Crippen LogP contribution >= 0.6 is 15.9 Å². The van der Waals surface area contributed by atoms with Crippen LogP contribution in [0, 0.1) is 5.92 Å². The summed E-state index contributed by atoms with van der Waals surface area (Å²) >= 11 is 3.27. The summed E-state index contributed by atoms with van der Waals surface area (Å²) < 4.78 is 1.65. The highest BCUT2D eigenvalue weighted by atomic mass is 79.9. The molecule has 1 aromatic heterocycles. The van der Waals surface area contributed by atoms with Crippen molar-refractivity contribution in [2.24, 2.45) is 5.92 Å². The van der Waals surface area contributed by atoms with E-state index in [2.05, 4.69) is 26.3 Å². The Bertz CT molecular complexity index is 506. The lowest BCUT2D eigenvalue weighted by atomic mass is 9.87. The minimum absolute atomic E-state index is 0.119. The third-order valence-corrected chi connectivity index (χ3v) is 4.40. The SMILES string of the molecule is O=c1c(Br)c(NCC2CCCC(O)C2)cnn1CCO. The summed E-state index contributed by atoms with van der Waals surface area (Å²) in [6.45, 7) is 0.791. The van der Waals surface area contributed by atoms with Crippen LogP contribution in [-0.4, -0.2) is 39.2 Å². The summed E-state index contributed by atoms with van der Waals surface area (Å²) in [5.74, 6) is 0.422. The van der Waals surface area contributed by atoms with Crippen LogP contribution in [0.25, 0.3) is 0 Å². The molecule has 1 aromatic rings. The molecule has 1 fully saturated rings. The van der Waals surface area contributed by atoms with Crippen LogP contribution in [-0.2, 0) is 6.54 Å². The first kappa shape index (κ1) is 15.5. The van der Waals surface area contributed by atoms with Crippen LogP contribution in [0.5, 0.6) is 0 Å². The molecule has 1 aliphatic rings. The van der Waals surface area contributed by atoms with Crippen molar-refractivity contribution in [2.45, 2.75) is 38.3 Å². The highest BCUT2D eigenvalue weighted by Crippen LogP contribution is 2.25. The molecule has 0 amide bonds. The van der Waals surface area contributed by atoms with E-state index in [1.165, 1.54) is 4.68 Å². The van der Waals surface area contributed by atoms with E-state index in [1.54, 1.807) is 6.20 Å². The van der Waals surface area contributed by atoms with E-state index in [9.17, 15) is 9.90 Å². The van der Waals surface area contributed by atoms with Crippen molar-refractivity contribution in [3.8, 4) is 0 Å². The Labute approximate surface area is 125 Å². The van der Waals surface area contributed by atoms with E-state index in [0.29, 0.717) is 16.1 Å². The molecule has 1 saturated carbocycles. The molecule has 1 aliphatic carbocycles. The third-order valence-electron chi connectivity index (χ3n) is 3.63. The summed E-state index contributed by atoms with van der Waals surface area (Å²) in [5, 5.41) is 25.7. The molecule has 2 unspecified atom stereocenters. The fourth-order valence-electron chi connectivity index (χ4n) is 2.54. The first-order valence-electron chi connectivity index (χ1n) is 6.90. The molecule has 112 valence electrons. The van der Waals surface area contributed by atoms with E-state index < -0.39 is 0 Å². The van der Waals surface area contributed by atoms with Gasteiger partial charge < -0.3 is 15.5 Å². The summed E-state index contributed by atoms with van der Waals surface area (Å²) in [6, 6.07) is 0. The summed E-state index contributed by atoms with van der Waals surface area (Å²) in [4.78, 5) is 11.9. The minimum Gasteiger partial charge on any atom is -0.394 e. The molecular formula is C13H20BrN3O3. The van der Waals surface area contributed by atoms with Crippen LogP contribution in [0.3, 0.4) is 0 Å². The van der Waals surface area contributed by atoms with Crippen LogP contribution in [0.15, 0.2) is 15.5 Å². The molecule has 7 heteroatoms. The summed E-state index contributed by atoms with van der Waals surface area (Å²) in [5.41, 5.74) is 0.400. The van der Waals surface area contributed by atoms with E-state index >= 15 is 0 Å². The number of aliphatic hydroxyl groups is 2. The van der Waals surface area contributed by atoms with Crippen molar-refractivity contribution in [1.29, 1.82) is 0 Å². The molecule has 3 N–H and O–H groups in total. The first-order chi connectivity index (χ1) is 9.61. The van der Waals surface area contributed by atoms with Crippen molar-refractivity contribution in [3.63, 3.8) is 0 Å². The molecule has 0 radical (unpaired) electrons. The lowest BCUT2D eigenvalue weighted by Gasteiger charge is -2.26. The minimum atomic E-state index is -0.257. The number of hydrogen-bond acceptors (Lipinski definition) is 5. The van der Waals surface area contributed by atoms with Crippen molar-refractivity contribution in [2.75, 3.05) is 18.5 Å².